The Morgan fingerprint density at radius 2 is 2.00 bits per heavy atom. The molecule has 0 aliphatic carbocycles. The molecule has 2 aromatic rings. The summed E-state index contributed by atoms with van der Waals surface area (Å²) in [7, 11) is 1.70. The average molecular weight is 360 g/mol. The fourth-order valence-electron chi connectivity index (χ4n) is 2.78. The predicted octanol–water partition coefficient (Wildman–Crippen LogP) is 3.41. The van der Waals surface area contributed by atoms with Crippen molar-refractivity contribution < 1.29 is 14.5 Å². The maximum atomic E-state index is 12.4. The van der Waals surface area contributed by atoms with Crippen LogP contribution in [0.15, 0.2) is 36.4 Å². The molecule has 7 nitrogen and oxygen atoms in total. The number of carbonyl (C=O) groups excluding carboxylic acids is 2. The molecule has 0 atom stereocenters. The van der Waals surface area contributed by atoms with E-state index in [1.807, 2.05) is 0 Å². The lowest BCUT2D eigenvalue weighted by atomic mass is 10.0. The molecule has 1 aliphatic heterocycles. The van der Waals surface area contributed by atoms with Crippen LogP contribution in [0.1, 0.15) is 22.3 Å². The SMILES string of the molecule is CN1C(=O)CCc2cc(NC(=O)c3cc(Cl)ccc3[N+](=O)[O-])ccc21. The van der Waals surface area contributed by atoms with Gasteiger partial charge in [0.2, 0.25) is 5.91 Å². The van der Waals surface area contributed by atoms with E-state index in [9.17, 15) is 19.7 Å². The number of aryl methyl sites for hydroxylation is 1. The van der Waals surface area contributed by atoms with Crippen LogP contribution in [0.25, 0.3) is 0 Å². The third-order valence-electron chi connectivity index (χ3n) is 4.08. The van der Waals surface area contributed by atoms with Crippen LogP contribution in [0.5, 0.6) is 0 Å². The summed E-state index contributed by atoms with van der Waals surface area (Å²) >= 11 is 5.85. The Kier molecular flexibility index (Phi) is 4.41. The number of fused-ring (bicyclic) bond motifs is 1. The maximum absolute atomic E-state index is 12.4. The number of amides is 2. The number of nitrogens with one attached hydrogen (secondary N) is 1. The smallest absolute Gasteiger partial charge is 0.282 e. The molecule has 0 saturated carbocycles. The van der Waals surface area contributed by atoms with E-state index in [1.54, 1.807) is 30.1 Å². The zero-order chi connectivity index (χ0) is 18.1. The minimum absolute atomic E-state index is 0.0406. The first-order valence-electron chi connectivity index (χ1n) is 7.51. The number of carbonyl (C=O) groups is 2. The van der Waals surface area contributed by atoms with Gasteiger partial charge in [0.05, 0.1) is 4.92 Å². The molecule has 25 heavy (non-hydrogen) atoms. The molecule has 0 spiro atoms. The van der Waals surface area contributed by atoms with Crippen molar-refractivity contribution in [3.8, 4) is 0 Å². The highest BCUT2D eigenvalue weighted by Crippen LogP contribution is 2.30. The number of benzene rings is 2. The molecule has 0 bridgehead atoms. The summed E-state index contributed by atoms with van der Waals surface area (Å²) in [6.45, 7) is 0. The Bertz CT molecular complexity index is 897. The van der Waals surface area contributed by atoms with Crippen LogP contribution in [-0.2, 0) is 11.2 Å². The quantitative estimate of drug-likeness (QED) is 0.671. The molecular weight excluding hydrogens is 346 g/mol. The van der Waals surface area contributed by atoms with E-state index in [2.05, 4.69) is 5.32 Å². The van der Waals surface area contributed by atoms with Crippen molar-refractivity contribution in [3.63, 3.8) is 0 Å². The molecule has 1 aliphatic rings. The highest BCUT2D eigenvalue weighted by Gasteiger charge is 2.23. The van der Waals surface area contributed by atoms with Gasteiger partial charge in [-0.15, -0.1) is 0 Å². The predicted molar refractivity (Wildman–Crippen MR) is 94.2 cm³/mol. The van der Waals surface area contributed by atoms with Crippen molar-refractivity contribution in [2.45, 2.75) is 12.8 Å². The van der Waals surface area contributed by atoms with Crippen LogP contribution in [0, 0.1) is 10.1 Å². The van der Waals surface area contributed by atoms with Crippen LogP contribution >= 0.6 is 11.6 Å². The monoisotopic (exact) mass is 359 g/mol. The molecule has 1 heterocycles. The molecule has 0 saturated heterocycles. The van der Waals surface area contributed by atoms with Crippen LogP contribution < -0.4 is 10.2 Å². The number of halogens is 1. The number of nitro benzene ring substituents is 1. The van der Waals surface area contributed by atoms with Gasteiger partial charge in [-0.3, -0.25) is 19.7 Å². The summed E-state index contributed by atoms with van der Waals surface area (Å²) in [5.74, 6) is -0.576. The van der Waals surface area contributed by atoms with Gasteiger partial charge in [-0.1, -0.05) is 11.6 Å². The van der Waals surface area contributed by atoms with Crippen LogP contribution in [-0.4, -0.2) is 23.8 Å². The normalized spacial score (nSPS) is 13.4. The molecule has 0 unspecified atom stereocenters. The zero-order valence-electron chi connectivity index (χ0n) is 13.3. The van der Waals surface area contributed by atoms with Crippen LogP contribution in [0.2, 0.25) is 5.02 Å². The number of anilines is 2. The van der Waals surface area contributed by atoms with Gasteiger partial charge >= 0.3 is 0 Å². The largest absolute Gasteiger partial charge is 0.322 e. The summed E-state index contributed by atoms with van der Waals surface area (Å²) < 4.78 is 0. The van der Waals surface area contributed by atoms with E-state index in [0.717, 1.165) is 11.3 Å². The summed E-state index contributed by atoms with van der Waals surface area (Å²) in [5.41, 5.74) is 1.80. The highest BCUT2D eigenvalue weighted by molar-refractivity contribution is 6.31. The molecule has 0 aromatic heterocycles. The van der Waals surface area contributed by atoms with E-state index in [-0.39, 0.29) is 22.2 Å². The minimum atomic E-state index is -0.626. The Morgan fingerprint density at radius 3 is 2.72 bits per heavy atom. The second-order valence-corrected chi connectivity index (χ2v) is 6.11. The summed E-state index contributed by atoms with van der Waals surface area (Å²) in [6, 6.07) is 9.00. The van der Waals surface area contributed by atoms with Crippen molar-refractivity contribution >= 4 is 40.5 Å². The molecule has 1 N–H and O–H groups in total. The van der Waals surface area contributed by atoms with Gasteiger partial charge in [0, 0.05) is 35.9 Å². The Hall–Kier alpha value is -2.93. The topological polar surface area (TPSA) is 92.6 Å². The zero-order valence-corrected chi connectivity index (χ0v) is 14.0. The number of nitro groups is 1. The van der Waals surface area contributed by atoms with E-state index < -0.39 is 10.8 Å². The molecule has 128 valence electrons. The molecular formula is C17H14ClN3O4. The number of hydrogen-bond donors (Lipinski definition) is 1. The Labute approximate surface area is 148 Å². The van der Waals surface area contributed by atoms with Gasteiger partial charge in [-0.05, 0) is 42.3 Å². The third-order valence-corrected chi connectivity index (χ3v) is 4.32. The van der Waals surface area contributed by atoms with E-state index in [1.165, 1.54) is 18.2 Å². The second-order valence-electron chi connectivity index (χ2n) is 5.67. The fraction of sp³-hybridized carbons (Fsp3) is 0.176. The second kappa shape index (κ2) is 6.52. The van der Waals surface area contributed by atoms with Crippen molar-refractivity contribution in [2.24, 2.45) is 0 Å². The van der Waals surface area contributed by atoms with E-state index in [4.69, 9.17) is 11.6 Å². The standard InChI is InChI=1S/C17H14ClN3O4/c1-20-14-6-4-12(8-10(14)2-7-16(20)22)19-17(23)13-9-11(18)3-5-15(13)21(24)25/h3-6,8-9H,2,7H2,1H3,(H,19,23). The fourth-order valence-corrected chi connectivity index (χ4v) is 2.95. The first-order chi connectivity index (χ1) is 11.9. The third kappa shape index (κ3) is 3.32. The van der Waals surface area contributed by atoms with Gasteiger partial charge < -0.3 is 10.2 Å². The minimum Gasteiger partial charge on any atom is -0.322 e. The number of rotatable bonds is 3. The Morgan fingerprint density at radius 1 is 1.24 bits per heavy atom. The molecule has 3 rings (SSSR count). The van der Waals surface area contributed by atoms with Crippen LogP contribution in [0.3, 0.4) is 0 Å². The Balaban J connectivity index is 1.89. The molecule has 2 amide bonds. The molecule has 0 radical (unpaired) electrons. The lowest BCUT2D eigenvalue weighted by Gasteiger charge is -2.26. The van der Waals surface area contributed by atoms with Gasteiger partial charge in [0.25, 0.3) is 11.6 Å². The van der Waals surface area contributed by atoms with Crippen LogP contribution in [0.4, 0.5) is 17.1 Å². The first kappa shape index (κ1) is 16.9. The first-order valence-corrected chi connectivity index (χ1v) is 7.89. The van der Waals surface area contributed by atoms with Gasteiger partial charge in [0.15, 0.2) is 0 Å². The van der Waals surface area contributed by atoms with Crippen molar-refractivity contribution in [1.82, 2.24) is 0 Å². The highest BCUT2D eigenvalue weighted by atomic mass is 35.5. The number of nitrogens with zero attached hydrogens (tertiary/aromatic N) is 2. The van der Waals surface area contributed by atoms with E-state index in [0.29, 0.717) is 18.5 Å². The average Bonchev–Trinajstić information content (AvgIpc) is 2.58. The summed E-state index contributed by atoms with van der Waals surface area (Å²) in [6.07, 6.45) is 0.986. The number of hydrogen-bond acceptors (Lipinski definition) is 4. The van der Waals surface area contributed by atoms with Crippen molar-refractivity contribution in [2.75, 3.05) is 17.3 Å². The lowest BCUT2D eigenvalue weighted by Crippen LogP contribution is -2.31. The molecule has 0 fully saturated rings. The maximum Gasteiger partial charge on any atom is 0.282 e. The molecule has 8 heteroatoms. The summed E-state index contributed by atoms with van der Waals surface area (Å²) in [4.78, 5) is 36.2. The van der Waals surface area contributed by atoms with E-state index >= 15 is 0 Å². The van der Waals surface area contributed by atoms with Crippen molar-refractivity contribution in [1.29, 1.82) is 0 Å². The van der Waals surface area contributed by atoms with Gasteiger partial charge in [-0.25, -0.2) is 0 Å². The van der Waals surface area contributed by atoms with Gasteiger partial charge in [-0.2, -0.15) is 0 Å². The lowest BCUT2D eigenvalue weighted by molar-refractivity contribution is -0.385. The molecule has 2 aromatic carbocycles. The summed E-state index contributed by atoms with van der Waals surface area (Å²) in [5, 5.41) is 14.0. The van der Waals surface area contributed by atoms with Crippen molar-refractivity contribution in [3.05, 3.63) is 62.7 Å². The van der Waals surface area contributed by atoms with Gasteiger partial charge in [0.1, 0.15) is 5.56 Å².